The Labute approximate surface area is 99.1 Å². The summed E-state index contributed by atoms with van der Waals surface area (Å²) in [6.45, 7) is 7.21. The predicted octanol–water partition coefficient (Wildman–Crippen LogP) is 3.61. The van der Waals surface area contributed by atoms with Crippen molar-refractivity contribution in [1.29, 1.82) is 0 Å². The maximum atomic E-state index is 3.79. The Kier molecular flexibility index (Phi) is 7.20. The molecule has 0 amide bonds. The zero-order valence-corrected chi connectivity index (χ0v) is 10.8. The first-order chi connectivity index (χ1) is 7.38. The Balaban J connectivity index is 2.26. The monoisotopic (exact) mass is 227 g/mol. The third-order valence-electron chi connectivity index (χ3n) is 2.99. The Morgan fingerprint density at radius 2 is 2.47 bits per heavy atom. The van der Waals surface area contributed by atoms with E-state index in [4.69, 9.17) is 0 Å². The first-order valence-corrected chi connectivity index (χ1v) is 7.39. The van der Waals surface area contributed by atoms with Crippen LogP contribution in [-0.2, 0) is 0 Å². The number of thioether (sulfide) groups is 1. The summed E-state index contributed by atoms with van der Waals surface area (Å²) in [5, 5.41) is 4.59. The molecule has 1 rings (SSSR count). The summed E-state index contributed by atoms with van der Waals surface area (Å²) >= 11 is 2.17. The first kappa shape index (κ1) is 13.1. The van der Waals surface area contributed by atoms with E-state index in [0.29, 0.717) is 0 Å². The number of allylic oxidation sites excluding steroid dienone is 1. The van der Waals surface area contributed by atoms with E-state index in [1.54, 1.807) is 0 Å². The zero-order valence-electron chi connectivity index (χ0n) is 10.0. The minimum absolute atomic E-state index is 0.748. The Morgan fingerprint density at radius 1 is 1.60 bits per heavy atom. The minimum Gasteiger partial charge on any atom is -0.313 e. The van der Waals surface area contributed by atoms with Gasteiger partial charge < -0.3 is 5.32 Å². The van der Waals surface area contributed by atoms with Crippen molar-refractivity contribution in [2.75, 3.05) is 12.3 Å². The molecule has 1 saturated heterocycles. The summed E-state index contributed by atoms with van der Waals surface area (Å²) in [5.74, 6) is 1.37. The molecule has 0 aromatic heterocycles. The van der Waals surface area contributed by atoms with Crippen LogP contribution in [0.3, 0.4) is 0 Å². The van der Waals surface area contributed by atoms with Crippen LogP contribution in [-0.4, -0.2) is 23.6 Å². The summed E-state index contributed by atoms with van der Waals surface area (Å²) in [6.07, 6.45) is 9.91. The molecule has 1 heterocycles. The smallest absolute Gasteiger partial charge is 0.0201 e. The molecule has 1 aliphatic rings. The van der Waals surface area contributed by atoms with E-state index >= 15 is 0 Å². The van der Waals surface area contributed by atoms with E-state index in [0.717, 1.165) is 11.3 Å². The highest BCUT2D eigenvalue weighted by Gasteiger charge is 2.24. The fourth-order valence-electron chi connectivity index (χ4n) is 2.15. The molecule has 0 aromatic rings. The second-order valence-electron chi connectivity index (χ2n) is 4.33. The van der Waals surface area contributed by atoms with E-state index in [9.17, 15) is 0 Å². The molecule has 2 unspecified atom stereocenters. The van der Waals surface area contributed by atoms with Crippen molar-refractivity contribution in [2.24, 2.45) is 0 Å². The van der Waals surface area contributed by atoms with Gasteiger partial charge >= 0.3 is 0 Å². The maximum Gasteiger partial charge on any atom is 0.0201 e. The molecule has 0 spiro atoms. The molecule has 2 atom stereocenters. The SMILES string of the molecule is C=CCCCC(NCCC)C1CCCS1. The zero-order chi connectivity index (χ0) is 10.9. The van der Waals surface area contributed by atoms with Gasteiger partial charge in [-0.25, -0.2) is 0 Å². The van der Waals surface area contributed by atoms with Crippen molar-refractivity contribution < 1.29 is 0 Å². The summed E-state index contributed by atoms with van der Waals surface area (Å²) < 4.78 is 0. The molecule has 88 valence electrons. The molecule has 0 saturated carbocycles. The van der Waals surface area contributed by atoms with Gasteiger partial charge in [0, 0.05) is 11.3 Å². The molecule has 15 heavy (non-hydrogen) atoms. The second-order valence-corrected chi connectivity index (χ2v) is 5.68. The molecule has 0 bridgehead atoms. The summed E-state index contributed by atoms with van der Waals surface area (Å²) in [4.78, 5) is 0. The summed E-state index contributed by atoms with van der Waals surface area (Å²) in [7, 11) is 0. The number of unbranched alkanes of at least 4 members (excludes halogenated alkanes) is 1. The molecule has 0 aromatic carbocycles. The van der Waals surface area contributed by atoms with Crippen LogP contribution in [0, 0.1) is 0 Å². The topological polar surface area (TPSA) is 12.0 Å². The molecule has 1 N–H and O–H groups in total. The number of hydrogen-bond donors (Lipinski definition) is 1. The van der Waals surface area contributed by atoms with Crippen molar-refractivity contribution in [1.82, 2.24) is 5.32 Å². The fourth-order valence-corrected chi connectivity index (χ4v) is 3.59. The maximum absolute atomic E-state index is 3.79. The van der Waals surface area contributed by atoms with Gasteiger partial charge in [-0.15, -0.1) is 6.58 Å². The van der Waals surface area contributed by atoms with Crippen LogP contribution < -0.4 is 5.32 Å². The van der Waals surface area contributed by atoms with Gasteiger partial charge in [-0.1, -0.05) is 13.0 Å². The van der Waals surface area contributed by atoms with Crippen molar-refractivity contribution >= 4 is 11.8 Å². The minimum atomic E-state index is 0.748. The lowest BCUT2D eigenvalue weighted by Crippen LogP contribution is -2.37. The Bertz CT molecular complexity index is 164. The van der Waals surface area contributed by atoms with E-state index < -0.39 is 0 Å². The van der Waals surface area contributed by atoms with Crippen LogP contribution in [0.2, 0.25) is 0 Å². The summed E-state index contributed by atoms with van der Waals surface area (Å²) in [6, 6.07) is 0.748. The van der Waals surface area contributed by atoms with Gasteiger partial charge in [-0.2, -0.15) is 11.8 Å². The van der Waals surface area contributed by atoms with Gasteiger partial charge in [0.15, 0.2) is 0 Å². The Morgan fingerprint density at radius 3 is 3.07 bits per heavy atom. The number of hydrogen-bond acceptors (Lipinski definition) is 2. The average molecular weight is 227 g/mol. The second kappa shape index (κ2) is 8.23. The van der Waals surface area contributed by atoms with Crippen LogP contribution >= 0.6 is 11.8 Å². The highest BCUT2D eigenvalue weighted by atomic mass is 32.2. The predicted molar refractivity (Wildman–Crippen MR) is 71.6 cm³/mol. The third kappa shape index (κ3) is 5.07. The molecule has 1 aliphatic heterocycles. The van der Waals surface area contributed by atoms with E-state index in [1.807, 2.05) is 6.08 Å². The molecule has 1 fully saturated rings. The van der Waals surface area contributed by atoms with E-state index in [1.165, 1.54) is 50.8 Å². The number of rotatable bonds is 8. The van der Waals surface area contributed by atoms with Crippen LogP contribution in [0.25, 0.3) is 0 Å². The lowest BCUT2D eigenvalue weighted by atomic mass is 10.0. The van der Waals surface area contributed by atoms with E-state index in [-0.39, 0.29) is 0 Å². The fraction of sp³-hybridized carbons (Fsp3) is 0.846. The van der Waals surface area contributed by atoms with Crippen molar-refractivity contribution in [3.63, 3.8) is 0 Å². The van der Waals surface area contributed by atoms with Gasteiger partial charge in [-0.05, 0) is 50.8 Å². The molecule has 0 aliphatic carbocycles. The van der Waals surface area contributed by atoms with Crippen LogP contribution in [0.15, 0.2) is 12.7 Å². The van der Waals surface area contributed by atoms with Gasteiger partial charge in [0.1, 0.15) is 0 Å². The molecular weight excluding hydrogens is 202 g/mol. The highest BCUT2D eigenvalue weighted by Crippen LogP contribution is 2.30. The van der Waals surface area contributed by atoms with Gasteiger partial charge in [0.05, 0.1) is 0 Å². The molecule has 1 nitrogen and oxygen atoms in total. The van der Waals surface area contributed by atoms with Gasteiger partial charge in [0.2, 0.25) is 0 Å². The van der Waals surface area contributed by atoms with E-state index in [2.05, 4.69) is 30.6 Å². The summed E-state index contributed by atoms with van der Waals surface area (Å²) in [5.41, 5.74) is 0. The van der Waals surface area contributed by atoms with Gasteiger partial charge in [0.25, 0.3) is 0 Å². The lowest BCUT2D eigenvalue weighted by Gasteiger charge is -2.24. The largest absolute Gasteiger partial charge is 0.313 e. The molecule has 2 heteroatoms. The van der Waals surface area contributed by atoms with Crippen LogP contribution in [0.1, 0.15) is 45.4 Å². The quantitative estimate of drug-likeness (QED) is 0.502. The number of nitrogens with one attached hydrogen (secondary N) is 1. The Hall–Kier alpha value is 0.0500. The standard InChI is InChI=1S/C13H25NS/c1-3-5-6-8-12(14-10-4-2)13-9-7-11-15-13/h3,12-14H,1,4-11H2,2H3. The van der Waals surface area contributed by atoms with Gasteiger partial charge in [-0.3, -0.25) is 0 Å². The molecule has 0 radical (unpaired) electrons. The van der Waals surface area contributed by atoms with Crippen LogP contribution in [0.4, 0.5) is 0 Å². The lowest BCUT2D eigenvalue weighted by molar-refractivity contribution is 0.448. The molecular formula is C13H25NS. The van der Waals surface area contributed by atoms with Crippen molar-refractivity contribution in [3.8, 4) is 0 Å². The third-order valence-corrected chi connectivity index (χ3v) is 4.51. The first-order valence-electron chi connectivity index (χ1n) is 6.34. The van der Waals surface area contributed by atoms with Crippen LogP contribution in [0.5, 0.6) is 0 Å². The van der Waals surface area contributed by atoms with Crippen molar-refractivity contribution in [2.45, 2.75) is 56.7 Å². The average Bonchev–Trinajstić information content (AvgIpc) is 2.76. The van der Waals surface area contributed by atoms with Crippen molar-refractivity contribution in [3.05, 3.63) is 12.7 Å². The highest BCUT2D eigenvalue weighted by molar-refractivity contribution is 8.00. The normalized spacial score (nSPS) is 22.9.